The molecule has 10 heteroatoms. The van der Waals surface area contributed by atoms with Gasteiger partial charge in [0.05, 0.1) is 11.4 Å². The molecule has 0 radical (unpaired) electrons. The van der Waals surface area contributed by atoms with Crippen molar-refractivity contribution in [2.45, 2.75) is 44.2 Å². The van der Waals surface area contributed by atoms with E-state index in [-0.39, 0.29) is 28.1 Å². The summed E-state index contributed by atoms with van der Waals surface area (Å²) < 4.78 is 61.8. The Bertz CT molecular complexity index is 729. The summed E-state index contributed by atoms with van der Waals surface area (Å²) in [5.74, 6) is 0. The first-order valence-corrected chi connectivity index (χ1v) is 9.06. The molecule has 0 atom stereocenters. The molecule has 134 valence electrons. The van der Waals surface area contributed by atoms with E-state index < -0.39 is 15.5 Å². The van der Waals surface area contributed by atoms with Crippen LogP contribution < -0.4 is 4.72 Å². The lowest BCUT2D eigenvalue weighted by atomic mass is 10.1. The van der Waals surface area contributed by atoms with Gasteiger partial charge in [-0.1, -0.05) is 16.8 Å². The van der Waals surface area contributed by atoms with E-state index in [4.69, 9.17) is 16.4 Å². The number of anilines is 1. The van der Waals surface area contributed by atoms with Crippen LogP contribution in [0.2, 0.25) is 5.02 Å². The second-order valence-corrected chi connectivity index (χ2v) is 7.54. The fourth-order valence-electron chi connectivity index (χ4n) is 2.30. The van der Waals surface area contributed by atoms with Crippen LogP contribution in [0, 0.1) is 0 Å². The van der Waals surface area contributed by atoms with E-state index in [1.807, 2.05) is 0 Å². The number of hydrogen-bond acceptors (Lipinski definition) is 4. The van der Waals surface area contributed by atoms with E-state index >= 15 is 0 Å². The van der Waals surface area contributed by atoms with Crippen LogP contribution in [0.1, 0.15) is 38.2 Å². The molecule has 1 N–H and O–H groups in total. The van der Waals surface area contributed by atoms with Gasteiger partial charge in [-0.05, 0) is 50.8 Å². The molecule has 0 spiro atoms. The fraction of sp³-hybridized carbons (Fsp3) is 0.500. The number of benzene rings is 1. The monoisotopic (exact) mass is 384 g/mol. The molecule has 0 aliphatic heterocycles. The molecule has 2 rings (SSSR count). The topological polar surface area (TPSA) is 67.8 Å². The van der Waals surface area contributed by atoms with Gasteiger partial charge >= 0.3 is 15.5 Å². The van der Waals surface area contributed by atoms with Gasteiger partial charge in [0.2, 0.25) is 0 Å². The summed E-state index contributed by atoms with van der Waals surface area (Å²) in [5, 5.41) is 4.14. The third-order valence-corrected chi connectivity index (χ3v) is 4.89. The minimum atomic E-state index is -5.54. The summed E-state index contributed by atoms with van der Waals surface area (Å²) in [6.45, 7) is 1.51. The first kappa shape index (κ1) is 18.9. The highest BCUT2D eigenvalue weighted by Gasteiger charge is 2.46. The van der Waals surface area contributed by atoms with Crippen LogP contribution in [0.25, 0.3) is 0 Å². The van der Waals surface area contributed by atoms with Crippen molar-refractivity contribution in [3.8, 4) is 0 Å². The lowest BCUT2D eigenvalue weighted by Gasteiger charge is -2.15. The molecule has 1 aliphatic carbocycles. The average molecular weight is 385 g/mol. The largest absolute Gasteiger partial charge is 0.516 e. The van der Waals surface area contributed by atoms with Crippen LogP contribution in [0.5, 0.6) is 0 Å². The highest BCUT2D eigenvalue weighted by atomic mass is 35.5. The zero-order valence-electron chi connectivity index (χ0n) is 12.7. The summed E-state index contributed by atoms with van der Waals surface area (Å²) in [6.07, 6.45) is 3.76. The first-order chi connectivity index (χ1) is 11.1. The zero-order valence-corrected chi connectivity index (χ0v) is 14.3. The first-order valence-electron chi connectivity index (χ1n) is 7.19. The highest BCUT2D eigenvalue weighted by molar-refractivity contribution is 7.93. The summed E-state index contributed by atoms with van der Waals surface area (Å²) >= 11 is 5.85. The van der Waals surface area contributed by atoms with E-state index in [1.54, 1.807) is 0 Å². The second-order valence-electron chi connectivity index (χ2n) is 5.43. The molecule has 1 saturated carbocycles. The van der Waals surface area contributed by atoms with Gasteiger partial charge in [0.25, 0.3) is 0 Å². The molecule has 0 aromatic heterocycles. The third-order valence-electron chi connectivity index (χ3n) is 3.56. The van der Waals surface area contributed by atoms with Crippen molar-refractivity contribution >= 4 is 33.0 Å². The molecule has 1 fully saturated rings. The lowest BCUT2D eigenvalue weighted by molar-refractivity contribution is -0.0429. The number of oxime groups is 1. The van der Waals surface area contributed by atoms with Crippen LogP contribution in [-0.2, 0) is 14.9 Å². The maximum absolute atomic E-state index is 12.6. The van der Waals surface area contributed by atoms with Gasteiger partial charge < -0.3 is 4.84 Å². The SMILES string of the molecule is CC(=NOC1CCCC1)c1cc(Cl)ccc1NS(=O)(=O)C(F)(F)F. The Morgan fingerprint density at radius 1 is 1.33 bits per heavy atom. The quantitative estimate of drug-likeness (QED) is 0.608. The minimum absolute atomic E-state index is 0.0329. The van der Waals surface area contributed by atoms with Crippen molar-refractivity contribution in [2.75, 3.05) is 4.72 Å². The van der Waals surface area contributed by atoms with Crippen molar-refractivity contribution < 1.29 is 26.4 Å². The van der Waals surface area contributed by atoms with E-state index in [0.717, 1.165) is 31.7 Å². The summed E-state index contributed by atoms with van der Waals surface area (Å²) in [7, 11) is -5.54. The molecule has 1 aromatic carbocycles. The maximum Gasteiger partial charge on any atom is 0.516 e. The zero-order chi connectivity index (χ0) is 18.0. The van der Waals surface area contributed by atoms with E-state index in [2.05, 4.69) is 5.16 Å². The number of hydrogen-bond donors (Lipinski definition) is 1. The Hall–Kier alpha value is -1.48. The Kier molecular flexibility index (Phi) is 5.64. The Morgan fingerprint density at radius 3 is 2.54 bits per heavy atom. The Morgan fingerprint density at radius 2 is 1.96 bits per heavy atom. The summed E-state index contributed by atoms with van der Waals surface area (Å²) in [6, 6.07) is 3.76. The van der Waals surface area contributed by atoms with Crippen molar-refractivity contribution in [2.24, 2.45) is 5.16 Å². The Labute approximate surface area is 142 Å². The third kappa shape index (κ3) is 4.54. The molecule has 24 heavy (non-hydrogen) atoms. The standard InChI is InChI=1S/C14H16ClF3N2O3S/c1-9(19-23-11-4-2-3-5-11)12-8-10(15)6-7-13(12)20-24(21,22)14(16,17)18/h6-8,11,20H,2-5H2,1H3. The van der Waals surface area contributed by atoms with Crippen molar-refractivity contribution in [3.63, 3.8) is 0 Å². The maximum atomic E-state index is 12.6. The van der Waals surface area contributed by atoms with Crippen molar-refractivity contribution in [1.29, 1.82) is 0 Å². The van der Waals surface area contributed by atoms with Gasteiger partial charge in [0.15, 0.2) is 0 Å². The summed E-state index contributed by atoms with van der Waals surface area (Å²) in [5.41, 5.74) is -5.35. The number of nitrogens with zero attached hydrogens (tertiary/aromatic N) is 1. The van der Waals surface area contributed by atoms with E-state index in [0.29, 0.717) is 0 Å². The van der Waals surface area contributed by atoms with Crippen LogP contribution >= 0.6 is 11.6 Å². The minimum Gasteiger partial charge on any atom is -0.392 e. The number of rotatable bonds is 5. The number of nitrogens with one attached hydrogen (secondary N) is 1. The van der Waals surface area contributed by atoms with Crippen molar-refractivity contribution in [1.82, 2.24) is 0 Å². The predicted molar refractivity (Wildman–Crippen MR) is 85.6 cm³/mol. The molecule has 1 aliphatic rings. The number of alkyl halides is 3. The number of sulfonamides is 1. The van der Waals surface area contributed by atoms with E-state index in [9.17, 15) is 21.6 Å². The molecule has 0 unspecified atom stereocenters. The average Bonchev–Trinajstić information content (AvgIpc) is 2.98. The van der Waals surface area contributed by atoms with Gasteiger partial charge in [-0.3, -0.25) is 4.72 Å². The second kappa shape index (κ2) is 7.18. The molecule has 5 nitrogen and oxygen atoms in total. The molecular formula is C14H16ClF3N2O3S. The van der Waals surface area contributed by atoms with Crippen LogP contribution in [0.3, 0.4) is 0 Å². The molecule has 0 saturated heterocycles. The van der Waals surface area contributed by atoms with Gasteiger partial charge in [-0.2, -0.15) is 21.6 Å². The molecule has 1 aromatic rings. The fourth-order valence-corrected chi connectivity index (χ4v) is 3.06. The number of halogens is 4. The molecule has 0 heterocycles. The van der Waals surface area contributed by atoms with Crippen LogP contribution in [0.4, 0.5) is 18.9 Å². The van der Waals surface area contributed by atoms with Gasteiger partial charge in [0.1, 0.15) is 6.10 Å². The van der Waals surface area contributed by atoms with Crippen LogP contribution in [0.15, 0.2) is 23.4 Å². The molecular weight excluding hydrogens is 369 g/mol. The Balaban J connectivity index is 2.28. The van der Waals surface area contributed by atoms with Gasteiger partial charge in [-0.15, -0.1) is 0 Å². The molecule has 0 bridgehead atoms. The van der Waals surface area contributed by atoms with E-state index in [1.165, 1.54) is 23.8 Å². The summed E-state index contributed by atoms with van der Waals surface area (Å²) in [4.78, 5) is 5.36. The van der Waals surface area contributed by atoms with Crippen molar-refractivity contribution in [3.05, 3.63) is 28.8 Å². The van der Waals surface area contributed by atoms with Crippen LogP contribution in [-0.4, -0.2) is 25.7 Å². The smallest absolute Gasteiger partial charge is 0.392 e. The lowest BCUT2D eigenvalue weighted by Crippen LogP contribution is -2.30. The molecule has 0 amide bonds. The normalized spacial score (nSPS) is 17.1. The highest BCUT2D eigenvalue weighted by Crippen LogP contribution is 2.29. The predicted octanol–water partition coefficient (Wildman–Crippen LogP) is 4.28. The van der Waals surface area contributed by atoms with Gasteiger partial charge in [0, 0.05) is 10.6 Å². The van der Waals surface area contributed by atoms with Gasteiger partial charge in [-0.25, -0.2) is 0 Å².